The molecule has 3 N–H and O–H groups in total. The van der Waals surface area contributed by atoms with Gasteiger partial charge in [0.1, 0.15) is 23.9 Å². The fraction of sp³-hybridized carbons (Fsp3) is 0.125. The van der Waals surface area contributed by atoms with Gasteiger partial charge in [0.2, 0.25) is 0 Å². The molecule has 6 nitrogen and oxygen atoms in total. The molecule has 1 aromatic heterocycles. The number of methoxy groups -OCH3 is 1. The second-order valence-electron chi connectivity index (χ2n) is 4.25. The van der Waals surface area contributed by atoms with Gasteiger partial charge in [0.05, 0.1) is 18.4 Å². The number of hydrogen-bond acceptors (Lipinski definition) is 5. The number of nitrogen functional groups attached to an aromatic ring is 1. The summed E-state index contributed by atoms with van der Waals surface area (Å²) in [6, 6.07) is 8.17. The van der Waals surface area contributed by atoms with Crippen LogP contribution in [0.15, 0.2) is 36.5 Å². The van der Waals surface area contributed by atoms with Gasteiger partial charge < -0.3 is 20.5 Å². The molecule has 6 heteroatoms. The van der Waals surface area contributed by atoms with Gasteiger partial charge >= 0.3 is 0 Å². The Labute approximate surface area is 128 Å². The highest BCUT2D eigenvalue weighted by Gasteiger charge is 2.14. The van der Waals surface area contributed by atoms with E-state index in [1.165, 1.54) is 7.11 Å². The van der Waals surface area contributed by atoms with E-state index in [0.29, 0.717) is 22.7 Å². The van der Waals surface area contributed by atoms with Gasteiger partial charge in [0.25, 0.3) is 5.91 Å². The van der Waals surface area contributed by atoms with Gasteiger partial charge in [-0.25, -0.2) is 4.98 Å². The van der Waals surface area contributed by atoms with E-state index in [9.17, 15) is 4.79 Å². The predicted molar refractivity (Wildman–Crippen MR) is 83.9 cm³/mol. The molecule has 0 aliphatic rings. The normalized spacial score (nSPS) is 9.64. The van der Waals surface area contributed by atoms with E-state index >= 15 is 0 Å². The summed E-state index contributed by atoms with van der Waals surface area (Å²) < 4.78 is 10.5. The Morgan fingerprint density at radius 3 is 2.95 bits per heavy atom. The van der Waals surface area contributed by atoms with Crippen LogP contribution in [0.25, 0.3) is 0 Å². The van der Waals surface area contributed by atoms with Gasteiger partial charge in [0, 0.05) is 12.3 Å². The molecular weight excluding hydrogens is 282 g/mol. The van der Waals surface area contributed by atoms with Crippen LogP contribution < -0.4 is 20.5 Å². The third-order valence-electron chi connectivity index (χ3n) is 2.83. The van der Waals surface area contributed by atoms with E-state index in [-0.39, 0.29) is 18.3 Å². The molecule has 0 fully saturated rings. The lowest BCUT2D eigenvalue weighted by Gasteiger charge is -2.12. The standard InChI is InChI=1S/C16H15N3O3/c1-3-9-22-11-6-7-12(14(10-11)21-2)16(20)19-13-5-4-8-18-15(13)17/h1,4-8,10H,9H2,2H3,(H2,17,18)(H,19,20). The van der Waals surface area contributed by atoms with Gasteiger partial charge in [-0.3, -0.25) is 4.79 Å². The molecular formula is C16H15N3O3. The Hall–Kier alpha value is -3.20. The van der Waals surface area contributed by atoms with Crippen LogP contribution >= 0.6 is 0 Å². The molecule has 0 saturated carbocycles. The van der Waals surface area contributed by atoms with E-state index in [1.54, 1.807) is 36.5 Å². The third kappa shape index (κ3) is 3.46. The van der Waals surface area contributed by atoms with Crippen LogP contribution in [-0.2, 0) is 0 Å². The zero-order valence-electron chi connectivity index (χ0n) is 12.0. The van der Waals surface area contributed by atoms with Crippen molar-refractivity contribution in [3.8, 4) is 23.8 Å². The molecule has 0 radical (unpaired) electrons. The average molecular weight is 297 g/mol. The maximum atomic E-state index is 12.3. The number of carbonyl (C=O) groups excluding carboxylic acids is 1. The lowest BCUT2D eigenvalue weighted by atomic mass is 10.1. The lowest BCUT2D eigenvalue weighted by molar-refractivity contribution is 0.102. The van der Waals surface area contributed by atoms with Gasteiger partial charge in [-0.1, -0.05) is 5.92 Å². The van der Waals surface area contributed by atoms with Crippen LogP contribution in [0.3, 0.4) is 0 Å². The van der Waals surface area contributed by atoms with Crippen LogP contribution in [0.5, 0.6) is 11.5 Å². The van der Waals surface area contributed by atoms with Crippen molar-refractivity contribution in [2.75, 3.05) is 24.8 Å². The Morgan fingerprint density at radius 1 is 1.45 bits per heavy atom. The topological polar surface area (TPSA) is 86.5 Å². The van der Waals surface area contributed by atoms with E-state index in [0.717, 1.165) is 0 Å². The summed E-state index contributed by atoms with van der Waals surface area (Å²) >= 11 is 0. The van der Waals surface area contributed by atoms with Crippen molar-refractivity contribution < 1.29 is 14.3 Å². The maximum absolute atomic E-state index is 12.3. The van der Waals surface area contributed by atoms with E-state index in [1.807, 2.05) is 0 Å². The summed E-state index contributed by atoms with van der Waals surface area (Å²) in [5, 5.41) is 2.68. The van der Waals surface area contributed by atoms with Gasteiger partial charge in [-0.15, -0.1) is 6.42 Å². The van der Waals surface area contributed by atoms with Crippen LogP contribution in [0.1, 0.15) is 10.4 Å². The minimum atomic E-state index is -0.361. The quantitative estimate of drug-likeness (QED) is 0.824. The largest absolute Gasteiger partial charge is 0.496 e. The van der Waals surface area contributed by atoms with Crippen molar-refractivity contribution in [2.24, 2.45) is 0 Å². The van der Waals surface area contributed by atoms with E-state index in [4.69, 9.17) is 21.6 Å². The third-order valence-corrected chi connectivity index (χ3v) is 2.83. The van der Waals surface area contributed by atoms with Crippen molar-refractivity contribution in [1.82, 2.24) is 4.98 Å². The first-order valence-electron chi connectivity index (χ1n) is 6.42. The number of terminal acetylenes is 1. The second kappa shape index (κ2) is 6.99. The predicted octanol–water partition coefficient (Wildman–Crippen LogP) is 1.94. The highest BCUT2D eigenvalue weighted by molar-refractivity contribution is 6.07. The number of benzene rings is 1. The molecule has 0 spiro atoms. The Kier molecular flexibility index (Phi) is 4.83. The van der Waals surface area contributed by atoms with E-state index in [2.05, 4.69) is 16.2 Å². The summed E-state index contributed by atoms with van der Waals surface area (Å²) in [4.78, 5) is 16.2. The van der Waals surface area contributed by atoms with Crippen LogP contribution in [0.2, 0.25) is 0 Å². The van der Waals surface area contributed by atoms with Gasteiger partial charge in [-0.05, 0) is 24.3 Å². The Morgan fingerprint density at radius 2 is 2.27 bits per heavy atom. The molecule has 0 aliphatic heterocycles. The molecule has 0 saturated heterocycles. The molecule has 22 heavy (non-hydrogen) atoms. The van der Waals surface area contributed by atoms with Crippen molar-refractivity contribution in [1.29, 1.82) is 0 Å². The Bertz CT molecular complexity index is 723. The Balaban J connectivity index is 2.22. The smallest absolute Gasteiger partial charge is 0.259 e. The van der Waals surface area contributed by atoms with Crippen LogP contribution in [0.4, 0.5) is 11.5 Å². The number of aromatic nitrogens is 1. The molecule has 1 amide bonds. The summed E-state index contributed by atoms with van der Waals surface area (Å²) in [6.45, 7) is 0.140. The highest BCUT2D eigenvalue weighted by Crippen LogP contribution is 2.26. The monoisotopic (exact) mass is 297 g/mol. The fourth-order valence-electron chi connectivity index (χ4n) is 1.79. The number of pyridine rings is 1. The number of ether oxygens (including phenoxy) is 2. The molecule has 1 heterocycles. The fourth-order valence-corrected chi connectivity index (χ4v) is 1.79. The summed E-state index contributed by atoms with van der Waals surface area (Å²) in [5.41, 5.74) is 6.48. The molecule has 2 aromatic rings. The zero-order chi connectivity index (χ0) is 15.9. The molecule has 0 atom stereocenters. The molecule has 0 unspecified atom stereocenters. The van der Waals surface area contributed by atoms with Gasteiger partial charge in [0.15, 0.2) is 0 Å². The number of nitrogens with zero attached hydrogens (tertiary/aromatic N) is 1. The maximum Gasteiger partial charge on any atom is 0.259 e. The van der Waals surface area contributed by atoms with Crippen molar-refractivity contribution in [3.05, 3.63) is 42.1 Å². The van der Waals surface area contributed by atoms with Crippen molar-refractivity contribution in [3.63, 3.8) is 0 Å². The van der Waals surface area contributed by atoms with E-state index < -0.39 is 0 Å². The minimum absolute atomic E-state index is 0.140. The van der Waals surface area contributed by atoms with Crippen molar-refractivity contribution in [2.45, 2.75) is 0 Å². The summed E-state index contributed by atoms with van der Waals surface area (Å²) in [6.07, 6.45) is 6.68. The molecule has 2 rings (SSSR count). The number of nitrogens with two attached hydrogens (primary N) is 1. The first-order chi connectivity index (χ1) is 10.7. The number of anilines is 2. The lowest BCUT2D eigenvalue weighted by Crippen LogP contribution is -2.14. The molecule has 0 bridgehead atoms. The number of hydrogen-bond donors (Lipinski definition) is 2. The minimum Gasteiger partial charge on any atom is -0.496 e. The van der Waals surface area contributed by atoms with Crippen molar-refractivity contribution >= 4 is 17.4 Å². The van der Waals surface area contributed by atoms with Gasteiger partial charge in [-0.2, -0.15) is 0 Å². The number of carbonyl (C=O) groups is 1. The first kappa shape index (κ1) is 15.2. The first-order valence-corrected chi connectivity index (χ1v) is 6.42. The molecule has 1 aromatic carbocycles. The number of nitrogens with one attached hydrogen (secondary N) is 1. The van der Waals surface area contributed by atoms with Crippen LogP contribution in [-0.4, -0.2) is 24.6 Å². The number of rotatable bonds is 5. The SMILES string of the molecule is C#CCOc1ccc(C(=O)Nc2cccnc2N)c(OC)c1. The van der Waals surface area contributed by atoms with Crippen LogP contribution in [0, 0.1) is 12.3 Å². The molecule has 112 valence electrons. The number of amides is 1. The molecule has 0 aliphatic carbocycles. The second-order valence-corrected chi connectivity index (χ2v) is 4.25. The highest BCUT2D eigenvalue weighted by atomic mass is 16.5. The summed E-state index contributed by atoms with van der Waals surface area (Å²) in [7, 11) is 1.47. The zero-order valence-corrected chi connectivity index (χ0v) is 12.0. The average Bonchev–Trinajstić information content (AvgIpc) is 2.54. The summed E-state index contributed by atoms with van der Waals surface area (Å²) in [5.74, 6) is 3.14.